The van der Waals surface area contributed by atoms with Gasteiger partial charge in [0.05, 0.1) is 18.1 Å². The predicted molar refractivity (Wildman–Crippen MR) is 121 cm³/mol. The van der Waals surface area contributed by atoms with Gasteiger partial charge in [0.25, 0.3) is 0 Å². The van der Waals surface area contributed by atoms with Crippen molar-refractivity contribution in [2.45, 2.75) is 57.5 Å². The number of carbonyl (C=O) groups is 1. The summed E-state index contributed by atoms with van der Waals surface area (Å²) >= 11 is 0. The molecule has 1 amide bonds. The fourth-order valence-corrected chi connectivity index (χ4v) is 7.03. The standard InChI is InChI=1S/C23H35N3O3S/c1-19-6-5-9-21(16-19)25-13-11-24(12-14-25)17-23(27)26(20-7-3-2-4-8-20)22-10-15-30(28,29)18-22/h5-6,9,16,20,22H,2-4,7-8,10-15,17-18H2,1H3. The molecule has 7 heteroatoms. The van der Waals surface area contributed by atoms with Gasteiger partial charge in [0.1, 0.15) is 0 Å². The molecule has 3 aliphatic rings. The molecule has 2 aliphatic heterocycles. The van der Waals surface area contributed by atoms with Crippen LogP contribution in [0.25, 0.3) is 0 Å². The third kappa shape index (κ3) is 5.17. The average molecular weight is 434 g/mol. The second-order valence-corrected chi connectivity index (χ2v) is 11.5. The van der Waals surface area contributed by atoms with Gasteiger partial charge in [-0.05, 0) is 43.9 Å². The van der Waals surface area contributed by atoms with E-state index in [1.54, 1.807) is 0 Å². The van der Waals surface area contributed by atoms with Gasteiger partial charge in [-0.15, -0.1) is 0 Å². The van der Waals surface area contributed by atoms with Crippen LogP contribution in [0, 0.1) is 6.92 Å². The summed E-state index contributed by atoms with van der Waals surface area (Å²) in [6, 6.07) is 8.67. The summed E-state index contributed by atoms with van der Waals surface area (Å²) < 4.78 is 24.2. The molecule has 2 heterocycles. The van der Waals surface area contributed by atoms with Crippen LogP contribution in [-0.4, -0.2) is 80.4 Å². The number of anilines is 1. The van der Waals surface area contributed by atoms with Crippen molar-refractivity contribution in [1.82, 2.24) is 9.80 Å². The zero-order valence-electron chi connectivity index (χ0n) is 18.1. The maximum Gasteiger partial charge on any atom is 0.237 e. The molecule has 0 N–H and O–H groups in total. The van der Waals surface area contributed by atoms with Gasteiger partial charge in [0, 0.05) is 44.0 Å². The van der Waals surface area contributed by atoms with E-state index in [0.29, 0.717) is 13.0 Å². The van der Waals surface area contributed by atoms with E-state index in [0.717, 1.165) is 51.9 Å². The lowest BCUT2D eigenvalue weighted by Gasteiger charge is -2.41. The molecule has 3 fully saturated rings. The SMILES string of the molecule is Cc1cccc(N2CCN(CC(=O)N(C3CCCCC3)C3CCS(=O)(=O)C3)CC2)c1. The number of nitrogens with zero attached hydrogens (tertiary/aromatic N) is 3. The molecule has 1 aromatic rings. The summed E-state index contributed by atoms with van der Waals surface area (Å²) in [5.74, 6) is 0.507. The fourth-order valence-electron chi connectivity index (χ4n) is 5.32. The summed E-state index contributed by atoms with van der Waals surface area (Å²) in [6.45, 7) is 6.08. The highest BCUT2D eigenvalue weighted by molar-refractivity contribution is 7.91. The zero-order chi connectivity index (χ0) is 21.1. The predicted octanol–water partition coefficient (Wildman–Crippen LogP) is 2.47. The molecular formula is C23H35N3O3S. The van der Waals surface area contributed by atoms with Crippen molar-refractivity contribution in [2.24, 2.45) is 0 Å². The normalized spacial score (nSPS) is 25.4. The monoisotopic (exact) mass is 433 g/mol. The minimum Gasteiger partial charge on any atom is -0.369 e. The van der Waals surface area contributed by atoms with Crippen molar-refractivity contribution >= 4 is 21.4 Å². The number of sulfone groups is 1. The van der Waals surface area contributed by atoms with Gasteiger partial charge in [-0.25, -0.2) is 8.42 Å². The van der Waals surface area contributed by atoms with Crippen LogP contribution in [0.1, 0.15) is 44.1 Å². The van der Waals surface area contributed by atoms with E-state index in [1.165, 1.54) is 17.7 Å². The molecule has 2 saturated heterocycles. The van der Waals surface area contributed by atoms with Gasteiger partial charge in [-0.2, -0.15) is 0 Å². The van der Waals surface area contributed by atoms with Gasteiger partial charge >= 0.3 is 0 Å². The first-order valence-electron chi connectivity index (χ1n) is 11.5. The molecule has 1 aromatic carbocycles. The van der Waals surface area contributed by atoms with Gasteiger partial charge in [-0.1, -0.05) is 31.4 Å². The largest absolute Gasteiger partial charge is 0.369 e. The highest BCUT2D eigenvalue weighted by Crippen LogP contribution is 2.29. The Hall–Kier alpha value is -1.60. The van der Waals surface area contributed by atoms with Crippen molar-refractivity contribution in [3.63, 3.8) is 0 Å². The molecule has 4 rings (SSSR count). The van der Waals surface area contributed by atoms with Crippen molar-refractivity contribution in [2.75, 3.05) is 49.1 Å². The molecule has 1 saturated carbocycles. The van der Waals surface area contributed by atoms with E-state index >= 15 is 0 Å². The van der Waals surface area contributed by atoms with E-state index < -0.39 is 9.84 Å². The van der Waals surface area contributed by atoms with E-state index in [9.17, 15) is 13.2 Å². The molecule has 30 heavy (non-hydrogen) atoms. The van der Waals surface area contributed by atoms with Crippen LogP contribution < -0.4 is 4.90 Å². The summed E-state index contributed by atoms with van der Waals surface area (Å²) in [4.78, 5) is 20.0. The topological polar surface area (TPSA) is 60.9 Å². The summed E-state index contributed by atoms with van der Waals surface area (Å²) in [7, 11) is -3.00. The Morgan fingerprint density at radius 3 is 2.40 bits per heavy atom. The lowest BCUT2D eigenvalue weighted by molar-refractivity contribution is -0.137. The summed E-state index contributed by atoms with van der Waals surface area (Å²) in [6.07, 6.45) is 6.15. The van der Waals surface area contributed by atoms with Crippen LogP contribution in [0.15, 0.2) is 24.3 Å². The number of amides is 1. The molecule has 6 nitrogen and oxygen atoms in total. The Morgan fingerprint density at radius 1 is 1.03 bits per heavy atom. The van der Waals surface area contributed by atoms with Gasteiger partial charge in [0.2, 0.25) is 5.91 Å². The number of piperazine rings is 1. The van der Waals surface area contributed by atoms with Crippen LogP contribution in [-0.2, 0) is 14.6 Å². The fraction of sp³-hybridized carbons (Fsp3) is 0.696. The van der Waals surface area contributed by atoms with Crippen molar-refractivity contribution in [3.05, 3.63) is 29.8 Å². The van der Waals surface area contributed by atoms with E-state index in [-0.39, 0.29) is 29.5 Å². The molecule has 166 valence electrons. The first-order valence-corrected chi connectivity index (χ1v) is 13.3. The third-order valence-electron chi connectivity index (χ3n) is 6.96. The Morgan fingerprint density at radius 2 is 1.77 bits per heavy atom. The summed E-state index contributed by atoms with van der Waals surface area (Å²) in [5, 5.41) is 0. The molecule has 1 unspecified atom stereocenters. The zero-order valence-corrected chi connectivity index (χ0v) is 18.9. The molecule has 0 spiro atoms. The van der Waals surface area contributed by atoms with Crippen LogP contribution in [0.2, 0.25) is 0 Å². The number of aryl methyl sites for hydroxylation is 1. The Bertz CT molecular complexity index is 843. The van der Waals surface area contributed by atoms with Crippen LogP contribution >= 0.6 is 0 Å². The average Bonchev–Trinajstić information content (AvgIpc) is 3.08. The quantitative estimate of drug-likeness (QED) is 0.714. The highest BCUT2D eigenvalue weighted by atomic mass is 32.2. The number of rotatable bonds is 5. The molecule has 0 bridgehead atoms. The second-order valence-electron chi connectivity index (χ2n) is 9.25. The van der Waals surface area contributed by atoms with E-state index in [1.807, 2.05) is 4.90 Å². The van der Waals surface area contributed by atoms with Crippen molar-refractivity contribution in [1.29, 1.82) is 0 Å². The Balaban J connectivity index is 1.38. The van der Waals surface area contributed by atoms with Crippen molar-refractivity contribution < 1.29 is 13.2 Å². The maximum atomic E-state index is 13.4. The van der Waals surface area contributed by atoms with Gasteiger partial charge in [0.15, 0.2) is 9.84 Å². The highest BCUT2D eigenvalue weighted by Gasteiger charge is 2.39. The number of benzene rings is 1. The van der Waals surface area contributed by atoms with Crippen LogP contribution in [0.4, 0.5) is 5.69 Å². The van der Waals surface area contributed by atoms with Crippen molar-refractivity contribution in [3.8, 4) is 0 Å². The summed E-state index contributed by atoms with van der Waals surface area (Å²) in [5.41, 5.74) is 2.51. The van der Waals surface area contributed by atoms with Gasteiger partial charge in [-0.3, -0.25) is 9.69 Å². The minimum atomic E-state index is -3.00. The number of hydrogen-bond donors (Lipinski definition) is 0. The molecule has 0 radical (unpaired) electrons. The van der Waals surface area contributed by atoms with E-state index in [4.69, 9.17) is 0 Å². The first-order chi connectivity index (χ1) is 14.4. The number of carbonyl (C=O) groups excluding carboxylic acids is 1. The second kappa shape index (κ2) is 9.27. The number of hydrogen-bond acceptors (Lipinski definition) is 5. The van der Waals surface area contributed by atoms with Crippen LogP contribution in [0.5, 0.6) is 0 Å². The molecular weight excluding hydrogens is 398 g/mol. The third-order valence-corrected chi connectivity index (χ3v) is 8.71. The lowest BCUT2D eigenvalue weighted by atomic mass is 9.92. The Kier molecular flexibility index (Phi) is 6.68. The van der Waals surface area contributed by atoms with Gasteiger partial charge < -0.3 is 9.80 Å². The molecule has 1 atom stereocenters. The lowest BCUT2D eigenvalue weighted by Crippen LogP contribution is -2.54. The molecule has 1 aliphatic carbocycles. The molecule has 0 aromatic heterocycles. The van der Waals surface area contributed by atoms with E-state index in [2.05, 4.69) is 41.0 Å². The first kappa shape index (κ1) is 21.6. The minimum absolute atomic E-state index is 0.126. The van der Waals surface area contributed by atoms with Crippen LogP contribution in [0.3, 0.4) is 0 Å². The Labute approximate surface area is 181 Å². The smallest absolute Gasteiger partial charge is 0.237 e. The maximum absolute atomic E-state index is 13.4.